The van der Waals surface area contributed by atoms with Gasteiger partial charge >= 0.3 is 5.97 Å². The molecule has 4 aromatic carbocycles. The fourth-order valence-corrected chi connectivity index (χ4v) is 4.94. The lowest BCUT2D eigenvalue weighted by molar-refractivity contribution is -0.125. The van der Waals surface area contributed by atoms with Gasteiger partial charge in [0.05, 0.1) is 11.1 Å². The van der Waals surface area contributed by atoms with Crippen LogP contribution in [0.2, 0.25) is 10.0 Å². The van der Waals surface area contributed by atoms with Gasteiger partial charge in [0.2, 0.25) is 6.10 Å². The third kappa shape index (κ3) is 6.27. The molecule has 4 aromatic rings. The Balaban J connectivity index is 1.62. The van der Waals surface area contributed by atoms with Gasteiger partial charge in [0.25, 0.3) is 5.91 Å². The quantitative estimate of drug-likeness (QED) is 0.248. The van der Waals surface area contributed by atoms with E-state index in [1.165, 1.54) is 11.8 Å². The normalized spacial score (nSPS) is 11.2. The summed E-state index contributed by atoms with van der Waals surface area (Å²) in [5.74, 6) is -1.24. The Labute approximate surface area is 222 Å². The monoisotopic (exact) mass is 532 g/mol. The highest BCUT2D eigenvalue weighted by Gasteiger charge is 2.27. The molecule has 0 spiro atoms. The van der Waals surface area contributed by atoms with Crippen molar-refractivity contribution in [2.45, 2.75) is 15.9 Å². The van der Waals surface area contributed by atoms with E-state index in [0.717, 1.165) is 0 Å². The molecule has 1 amide bonds. The topological polar surface area (TPSA) is 79.2 Å². The maximum atomic E-state index is 13.3. The molecule has 1 N–H and O–H groups in total. The Hall–Kier alpha value is -3.76. The maximum Gasteiger partial charge on any atom is 0.340 e. The van der Waals surface area contributed by atoms with E-state index < -0.39 is 18.0 Å². The Kier molecular flexibility index (Phi) is 8.29. The number of nitriles is 1. The predicted octanol–water partition coefficient (Wildman–Crippen LogP) is 7.55. The Bertz CT molecular complexity index is 1430. The number of nitrogens with zero attached hydrogens (tertiary/aromatic N) is 1. The van der Waals surface area contributed by atoms with Crippen LogP contribution in [0.3, 0.4) is 0 Å². The maximum absolute atomic E-state index is 13.3. The summed E-state index contributed by atoms with van der Waals surface area (Å²) in [4.78, 5) is 27.9. The minimum atomic E-state index is -1.24. The van der Waals surface area contributed by atoms with Gasteiger partial charge in [-0.05, 0) is 42.5 Å². The van der Waals surface area contributed by atoms with E-state index in [1.54, 1.807) is 84.9 Å². The lowest BCUT2D eigenvalue weighted by atomic mass is 10.1. The molecule has 0 aromatic heterocycles. The van der Waals surface area contributed by atoms with Crippen molar-refractivity contribution < 1.29 is 14.3 Å². The van der Waals surface area contributed by atoms with Crippen molar-refractivity contribution in [1.29, 1.82) is 5.26 Å². The number of carbonyl (C=O) groups excluding carboxylic acids is 2. The fraction of sp³-hybridized carbons (Fsp3) is 0.0357. The van der Waals surface area contributed by atoms with Crippen LogP contribution in [0.1, 0.15) is 27.6 Å². The molecule has 0 saturated heterocycles. The smallest absolute Gasteiger partial charge is 0.340 e. The van der Waals surface area contributed by atoms with Gasteiger partial charge in [0, 0.05) is 31.1 Å². The Morgan fingerprint density at radius 1 is 0.833 bits per heavy atom. The van der Waals surface area contributed by atoms with Gasteiger partial charge in [0.1, 0.15) is 6.07 Å². The molecule has 0 aliphatic heterocycles. The van der Waals surface area contributed by atoms with E-state index in [4.69, 9.17) is 27.9 Å². The van der Waals surface area contributed by atoms with Crippen LogP contribution in [0.25, 0.3) is 0 Å². The Morgan fingerprint density at radius 2 is 1.44 bits per heavy atom. The van der Waals surface area contributed by atoms with Gasteiger partial charge in [-0.25, -0.2) is 4.79 Å². The summed E-state index contributed by atoms with van der Waals surface area (Å²) in [6.45, 7) is 0. The first-order valence-electron chi connectivity index (χ1n) is 10.7. The highest BCUT2D eigenvalue weighted by molar-refractivity contribution is 7.99. The molecule has 0 fully saturated rings. The zero-order valence-corrected chi connectivity index (χ0v) is 21.0. The van der Waals surface area contributed by atoms with E-state index in [9.17, 15) is 14.9 Å². The Morgan fingerprint density at radius 3 is 2.14 bits per heavy atom. The number of benzene rings is 4. The second-order valence-corrected chi connectivity index (χ2v) is 9.51. The second kappa shape index (κ2) is 11.8. The average Bonchev–Trinajstić information content (AvgIpc) is 2.87. The van der Waals surface area contributed by atoms with Crippen molar-refractivity contribution in [2.24, 2.45) is 0 Å². The van der Waals surface area contributed by atoms with E-state index in [-0.39, 0.29) is 5.56 Å². The van der Waals surface area contributed by atoms with Gasteiger partial charge in [-0.1, -0.05) is 89.6 Å². The third-order valence-corrected chi connectivity index (χ3v) is 6.62. The molecule has 0 radical (unpaired) electrons. The molecule has 0 aliphatic rings. The van der Waals surface area contributed by atoms with Gasteiger partial charge in [-0.2, -0.15) is 5.26 Å². The molecule has 0 saturated carbocycles. The molecule has 4 rings (SSSR count). The van der Waals surface area contributed by atoms with E-state index in [0.29, 0.717) is 36.7 Å². The minimum absolute atomic E-state index is 0.273. The lowest BCUT2D eigenvalue weighted by Crippen LogP contribution is -2.26. The van der Waals surface area contributed by atoms with Gasteiger partial charge < -0.3 is 10.1 Å². The number of halogens is 2. The van der Waals surface area contributed by atoms with Crippen LogP contribution >= 0.6 is 35.0 Å². The SMILES string of the molecule is N#Cc1ccccc1Sc1ccccc1C(=O)O[C@H](C(=O)Nc1cc(Cl)cc(Cl)c1)c1ccccc1. The lowest BCUT2D eigenvalue weighted by Gasteiger charge is -2.19. The molecule has 0 unspecified atom stereocenters. The molecule has 5 nitrogen and oxygen atoms in total. The van der Waals surface area contributed by atoms with E-state index in [2.05, 4.69) is 11.4 Å². The summed E-state index contributed by atoms with van der Waals surface area (Å²) in [6, 6.07) is 29.5. The molecular formula is C28H18Cl2N2O3S. The first-order valence-corrected chi connectivity index (χ1v) is 12.3. The molecule has 0 aliphatic carbocycles. The summed E-state index contributed by atoms with van der Waals surface area (Å²) in [5, 5.41) is 12.9. The van der Waals surface area contributed by atoms with Crippen LogP contribution in [-0.2, 0) is 9.53 Å². The third-order valence-electron chi connectivity index (χ3n) is 5.03. The zero-order chi connectivity index (χ0) is 25.5. The van der Waals surface area contributed by atoms with Crippen LogP contribution in [-0.4, -0.2) is 11.9 Å². The number of hydrogen-bond acceptors (Lipinski definition) is 5. The minimum Gasteiger partial charge on any atom is -0.444 e. The summed E-state index contributed by atoms with van der Waals surface area (Å²) in [6.07, 6.45) is -1.24. The highest BCUT2D eigenvalue weighted by atomic mass is 35.5. The zero-order valence-electron chi connectivity index (χ0n) is 18.7. The molecular weight excluding hydrogens is 515 g/mol. The van der Waals surface area contributed by atoms with E-state index in [1.807, 2.05) is 12.1 Å². The van der Waals surface area contributed by atoms with Gasteiger partial charge in [-0.3, -0.25) is 4.79 Å². The van der Waals surface area contributed by atoms with Crippen molar-refractivity contribution in [1.82, 2.24) is 0 Å². The summed E-state index contributed by atoms with van der Waals surface area (Å²) in [7, 11) is 0. The molecule has 1 atom stereocenters. The van der Waals surface area contributed by atoms with Crippen molar-refractivity contribution in [3.63, 3.8) is 0 Å². The molecule has 178 valence electrons. The van der Waals surface area contributed by atoms with Crippen LogP contribution in [0, 0.1) is 11.3 Å². The largest absolute Gasteiger partial charge is 0.444 e. The van der Waals surface area contributed by atoms with Crippen molar-refractivity contribution in [3.8, 4) is 6.07 Å². The van der Waals surface area contributed by atoms with Crippen molar-refractivity contribution in [3.05, 3.63) is 124 Å². The van der Waals surface area contributed by atoms with Crippen LogP contribution in [0.4, 0.5) is 5.69 Å². The summed E-state index contributed by atoms with van der Waals surface area (Å²) >= 11 is 13.4. The van der Waals surface area contributed by atoms with Crippen molar-refractivity contribution >= 4 is 52.5 Å². The second-order valence-electron chi connectivity index (χ2n) is 7.55. The number of amides is 1. The predicted molar refractivity (Wildman–Crippen MR) is 141 cm³/mol. The molecule has 8 heteroatoms. The summed E-state index contributed by atoms with van der Waals surface area (Å²) in [5.41, 5.74) is 1.64. The van der Waals surface area contributed by atoms with Gasteiger partial charge in [-0.15, -0.1) is 0 Å². The number of nitrogens with one attached hydrogen (secondary N) is 1. The number of anilines is 1. The highest BCUT2D eigenvalue weighted by Crippen LogP contribution is 2.34. The number of rotatable bonds is 7. The summed E-state index contributed by atoms with van der Waals surface area (Å²) < 4.78 is 5.76. The number of ether oxygens (including phenoxy) is 1. The van der Waals surface area contributed by atoms with Crippen LogP contribution < -0.4 is 5.32 Å². The standard InChI is InChI=1S/C28H18Cl2N2O3S/c29-20-14-21(30)16-22(15-20)32-27(33)26(18-8-2-1-3-9-18)35-28(34)23-11-5-7-13-25(23)36-24-12-6-4-10-19(24)17-31/h1-16,26H,(H,32,33)/t26-/m0/s1. The average molecular weight is 533 g/mol. The first kappa shape index (κ1) is 25.3. The number of carbonyl (C=O) groups is 2. The molecule has 0 heterocycles. The van der Waals surface area contributed by atoms with Gasteiger partial charge in [0.15, 0.2) is 0 Å². The number of esters is 1. The fourth-order valence-electron chi connectivity index (χ4n) is 3.40. The van der Waals surface area contributed by atoms with Crippen LogP contribution in [0.5, 0.6) is 0 Å². The van der Waals surface area contributed by atoms with Crippen LogP contribution in [0.15, 0.2) is 107 Å². The molecule has 0 bridgehead atoms. The van der Waals surface area contributed by atoms with Crippen molar-refractivity contribution in [2.75, 3.05) is 5.32 Å². The number of hydrogen-bond donors (Lipinski definition) is 1. The van der Waals surface area contributed by atoms with E-state index >= 15 is 0 Å². The first-order chi connectivity index (χ1) is 17.4. The molecule has 36 heavy (non-hydrogen) atoms.